The summed E-state index contributed by atoms with van der Waals surface area (Å²) in [5.41, 5.74) is 13.2. The Kier molecular flexibility index (Phi) is 7.57. The average molecular weight is 749 g/mol. The van der Waals surface area contributed by atoms with E-state index in [1.807, 2.05) is 12.4 Å². The molecule has 0 aliphatic carbocycles. The van der Waals surface area contributed by atoms with Crippen molar-refractivity contribution in [3.8, 4) is 50.2 Å². The van der Waals surface area contributed by atoms with Gasteiger partial charge in [0.2, 0.25) is 0 Å². The van der Waals surface area contributed by atoms with Gasteiger partial charge in [0.25, 0.3) is 0 Å². The Labute approximate surface area is 341 Å². The molecule has 0 N–H and O–H groups in total. The molecule has 0 amide bonds. The van der Waals surface area contributed by atoms with Crippen LogP contribution in [0.1, 0.15) is 0 Å². The molecule has 0 atom stereocenters. The molecule has 2 heteroatoms. The van der Waals surface area contributed by atoms with Gasteiger partial charge in [0.15, 0.2) is 0 Å². The quantitative estimate of drug-likeness (QED) is 0.160. The lowest BCUT2D eigenvalue weighted by Crippen LogP contribution is -2.00. The van der Waals surface area contributed by atoms with Crippen molar-refractivity contribution in [2.75, 3.05) is 0 Å². The van der Waals surface area contributed by atoms with Gasteiger partial charge in [0.05, 0.1) is 16.7 Å². The number of benzene rings is 10. The first-order chi connectivity index (χ1) is 29.3. The summed E-state index contributed by atoms with van der Waals surface area (Å²) < 4.78 is 2.50. The zero-order chi connectivity index (χ0) is 38.9. The molecule has 0 saturated heterocycles. The minimum absolute atomic E-state index is 1.14. The molecule has 12 rings (SSSR count). The molecule has 0 spiro atoms. The van der Waals surface area contributed by atoms with Gasteiger partial charge in [-0.3, -0.25) is 4.98 Å². The fourth-order valence-corrected chi connectivity index (χ4v) is 9.81. The van der Waals surface area contributed by atoms with E-state index >= 15 is 0 Å². The van der Waals surface area contributed by atoms with Crippen molar-refractivity contribution in [1.82, 2.24) is 9.55 Å². The van der Waals surface area contributed by atoms with Crippen LogP contribution in [0.5, 0.6) is 0 Å². The summed E-state index contributed by atoms with van der Waals surface area (Å²) in [4.78, 5) is 4.43. The first-order valence-corrected chi connectivity index (χ1v) is 20.3. The summed E-state index contributed by atoms with van der Waals surface area (Å²) in [5, 5.41) is 12.3. The molecule has 0 radical (unpaired) electrons. The summed E-state index contributed by atoms with van der Waals surface area (Å²) in [7, 11) is 0. The Morgan fingerprint density at radius 3 is 1.41 bits per heavy atom. The van der Waals surface area contributed by atoms with Gasteiger partial charge in [-0.15, -0.1) is 0 Å². The smallest absolute Gasteiger partial charge is 0.0619 e. The first kappa shape index (κ1) is 33.3. The Balaban J connectivity index is 1.30. The van der Waals surface area contributed by atoms with E-state index in [9.17, 15) is 0 Å². The Morgan fingerprint density at radius 1 is 0.288 bits per heavy atom. The number of rotatable bonds is 5. The van der Waals surface area contributed by atoms with Crippen molar-refractivity contribution < 1.29 is 0 Å². The average Bonchev–Trinajstić information content (AvgIpc) is 3.64. The van der Waals surface area contributed by atoms with Crippen LogP contribution >= 0.6 is 0 Å². The van der Waals surface area contributed by atoms with Gasteiger partial charge in [-0.1, -0.05) is 176 Å². The fraction of sp³-hybridized carbons (Fsp3) is 0. The zero-order valence-corrected chi connectivity index (χ0v) is 32.2. The van der Waals surface area contributed by atoms with E-state index in [0.717, 1.165) is 5.56 Å². The molecule has 0 bridgehead atoms. The molecule has 2 heterocycles. The van der Waals surface area contributed by atoms with Crippen LogP contribution in [0.3, 0.4) is 0 Å². The number of pyridine rings is 1. The molecule has 59 heavy (non-hydrogen) atoms. The van der Waals surface area contributed by atoms with Crippen molar-refractivity contribution in [3.05, 3.63) is 219 Å². The molecule has 0 aliphatic heterocycles. The predicted molar refractivity (Wildman–Crippen MR) is 250 cm³/mol. The molecule has 2 aromatic heterocycles. The van der Waals surface area contributed by atoms with Crippen LogP contribution in [-0.4, -0.2) is 9.55 Å². The molecule has 0 aliphatic rings. The second kappa shape index (κ2) is 13.4. The van der Waals surface area contributed by atoms with Gasteiger partial charge >= 0.3 is 0 Å². The molecule has 0 fully saturated rings. The SMILES string of the molecule is c1ccc(-c2ccc3c(-c4c5ccccc5c(-n5c6ccccc6c6ccccc65)c5ccccc45)c4cccc(-c5ccncc5)c4c(-c4ccccc4)c3c2)cc1. The number of hydrogen-bond donors (Lipinski definition) is 0. The number of hydrogen-bond acceptors (Lipinski definition) is 1. The zero-order valence-electron chi connectivity index (χ0n) is 32.2. The third kappa shape index (κ3) is 5.10. The van der Waals surface area contributed by atoms with Crippen LogP contribution in [0, 0.1) is 0 Å². The van der Waals surface area contributed by atoms with Crippen molar-refractivity contribution in [2.24, 2.45) is 0 Å². The highest BCUT2D eigenvalue weighted by molar-refractivity contribution is 6.31. The second-order valence-electron chi connectivity index (χ2n) is 15.4. The van der Waals surface area contributed by atoms with Gasteiger partial charge in [-0.2, -0.15) is 0 Å². The van der Waals surface area contributed by atoms with Crippen LogP contribution in [0.15, 0.2) is 219 Å². The number of para-hydroxylation sites is 2. The third-order valence-corrected chi connectivity index (χ3v) is 12.3. The van der Waals surface area contributed by atoms with Crippen LogP contribution in [0.4, 0.5) is 0 Å². The maximum absolute atomic E-state index is 4.43. The molecular weight excluding hydrogens is 713 g/mol. The van der Waals surface area contributed by atoms with E-state index in [4.69, 9.17) is 0 Å². The minimum Gasteiger partial charge on any atom is -0.308 e. The van der Waals surface area contributed by atoms with Crippen LogP contribution in [-0.2, 0) is 0 Å². The molecule has 10 aromatic carbocycles. The maximum Gasteiger partial charge on any atom is 0.0619 e. The lowest BCUT2D eigenvalue weighted by Gasteiger charge is -2.24. The predicted octanol–water partition coefficient (Wildman–Crippen LogP) is 15.5. The van der Waals surface area contributed by atoms with E-state index in [-0.39, 0.29) is 0 Å². The summed E-state index contributed by atoms with van der Waals surface area (Å²) in [6, 6.07) is 75.7. The Hall–Kier alpha value is -7.81. The Bertz CT molecular complexity index is 3470. The third-order valence-electron chi connectivity index (χ3n) is 12.3. The highest BCUT2D eigenvalue weighted by Crippen LogP contribution is 2.52. The molecule has 274 valence electrons. The standard InChI is InChI=1S/C57H36N2/c1-3-16-37(17-4-1)40-30-31-46-50(36-40)53(39-18-5-2-6-19-39)54-41(38-32-34-58-35-33-38)26-15-27-49(54)56(46)55-44-22-7-9-24-47(44)57(48-25-10-8-23-45(48)55)59-51-28-13-11-20-42(51)43-21-12-14-29-52(43)59/h1-36H. The molecule has 12 aromatic rings. The Morgan fingerprint density at radius 2 is 0.780 bits per heavy atom. The number of fused-ring (bicyclic) bond motifs is 7. The van der Waals surface area contributed by atoms with Gasteiger partial charge in [0, 0.05) is 33.9 Å². The molecule has 0 unspecified atom stereocenters. The van der Waals surface area contributed by atoms with Crippen LogP contribution in [0.25, 0.3) is 115 Å². The molecular formula is C57H36N2. The van der Waals surface area contributed by atoms with Gasteiger partial charge in [-0.05, 0) is 107 Å². The highest BCUT2D eigenvalue weighted by atomic mass is 15.0. The number of nitrogens with zero attached hydrogens (tertiary/aromatic N) is 2. The first-order valence-electron chi connectivity index (χ1n) is 20.3. The summed E-state index contributed by atoms with van der Waals surface area (Å²) in [6.07, 6.45) is 3.81. The molecule has 0 saturated carbocycles. The monoisotopic (exact) mass is 748 g/mol. The van der Waals surface area contributed by atoms with E-state index in [1.165, 1.54) is 110 Å². The lowest BCUT2D eigenvalue weighted by atomic mass is 9.80. The fourth-order valence-electron chi connectivity index (χ4n) is 9.81. The van der Waals surface area contributed by atoms with Crippen molar-refractivity contribution in [1.29, 1.82) is 0 Å². The van der Waals surface area contributed by atoms with E-state index in [2.05, 4.69) is 216 Å². The number of aromatic nitrogens is 2. The van der Waals surface area contributed by atoms with E-state index < -0.39 is 0 Å². The van der Waals surface area contributed by atoms with Crippen LogP contribution in [0.2, 0.25) is 0 Å². The summed E-state index contributed by atoms with van der Waals surface area (Å²) in [5.74, 6) is 0. The van der Waals surface area contributed by atoms with Crippen molar-refractivity contribution in [2.45, 2.75) is 0 Å². The second-order valence-corrected chi connectivity index (χ2v) is 15.4. The van der Waals surface area contributed by atoms with Gasteiger partial charge in [-0.25, -0.2) is 0 Å². The topological polar surface area (TPSA) is 17.8 Å². The van der Waals surface area contributed by atoms with E-state index in [1.54, 1.807) is 0 Å². The van der Waals surface area contributed by atoms with Crippen molar-refractivity contribution in [3.63, 3.8) is 0 Å². The minimum atomic E-state index is 1.14. The normalized spacial score (nSPS) is 11.7. The summed E-state index contributed by atoms with van der Waals surface area (Å²) >= 11 is 0. The summed E-state index contributed by atoms with van der Waals surface area (Å²) in [6.45, 7) is 0. The van der Waals surface area contributed by atoms with Crippen LogP contribution < -0.4 is 0 Å². The lowest BCUT2D eigenvalue weighted by molar-refractivity contribution is 1.21. The largest absolute Gasteiger partial charge is 0.308 e. The van der Waals surface area contributed by atoms with Crippen molar-refractivity contribution >= 4 is 64.9 Å². The van der Waals surface area contributed by atoms with E-state index in [0.29, 0.717) is 0 Å². The van der Waals surface area contributed by atoms with Gasteiger partial charge in [0.1, 0.15) is 0 Å². The van der Waals surface area contributed by atoms with Gasteiger partial charge < -0.3 is 4.57 Å². The maximum atomic E-state index is 4.43. The highest BCUT2D eigenvalue weighted by Gasteiger charge is 2.25. The molecule has 2 nitrogen and oxygen atoms in total.